The predicted octanol–water partition coefficient (Wildman–Crippen LogP) is 2.05. The van der Waals surface area contributed by atoms with Crippen LogP contribution in [0.15, 0.2) is 42.7 Å². The van der Waals surface area contributed by atoms with Crippen LogP contribution in [0.5, 0.6) is 0 Å². The van der Waals surface area contributed by atoms with Gasteiger partial charge in [0.1, 0.15) is 5.82 Å². The van der Waals surface area contributed by atoms with Gasteiger partial charge in [-0.25, -0.2) is 0 Å². The Morgan fingerprint density at radius 1 is 1.14 bits per heavy atom. The third-order valence-corrected chi connectivity index (χ3v) is 5.99. The van der Waals surface area contributed by atoms with Gasteiger partial charge in [0.05, 0.1) is 6.20 Å². The molecule has 1 N–H and O–H groups in total. The van der Waals surface area contributed by atoms with E-state index in [1.807, 2.05) is 45.8 Å². The van der Waals surface area contributed by atoms with E-state index in [0.29, 0.717) is 17.7 Å². The molecule has 0 bridgehead atoms. The zero-order chi connectivity index (χ0) is 19.8. The van der Waals surface area contributed by atoms with Crippen molar-refractivity contribution in [2.24, 2.45) is 11.8 Å². The number of nitrogens with one attached hydrogen (secondary N) is 1. The number of aryl methyl sites for hydroxylation is 1. The third-order valence-electron chi connectivity index (χ3n) is 5.99. The Balaban J connectivity index is 1.27. The molecular weight excluding hydrogens is 366 g/mol. The molecule has 2 atom stereocenters. The van der Waals surface area contributed by atoms with Crippen molar-refractivity contribution in [1.29, 1.82) is 0 Å². The van der Waals surface area contributed by atoms with Gasteiger partial charge in [-0.05, 0) is 30.9 Å². The van der Waals surface area contributed by atoms with Crippen molar-refractivity contribution in [2.75, 3.05) is 18.4 Å². The van der Waals surface area contributed by atoms with Crippen molar-refractivity contribution in [2.45, 2.75) is 33.0 Å². The molecule has 2 aliphatic rings. The molecule has 1 saturated heterocycles. The summed E-state index contributed by atoms with van der Waals surface area (Å²) in [5, 5.41) is 15.8. The van der Waals surface area contributed by atoms with Crippen LogP contribution in [-0.2, 0) is 26.1 Å². The summed E-state index contributed by atoms with van der Waals surface area (Å²) in [5.41, 5.74) is 2.02. The van der Waals surface area contributed by atoms with Crippen LogP contribution < -0.4 is 5.32 Å². The standard InChI is InChI=1S/C21H25N7O/c1-2-27-11-15(9-22-27)10-26-12-16-8-19-24-25-20(28(19)14-17(16)13-26)21(29)23-18-6-4-3-5-7-18/h3-7,9,11,16-17H,2,8,10,12-14H2,1H3,(H,23,29)/t16-,17-/m0/s1. The lowest BCUT2D eigenvalue weighted by Gasteiger charge is -2.25. The molecule has 29 heavy (non-hydrogen) atoms. The van der Waals surface area contributed by atoms with Crippen LogP contribution in [0.2, 0.25) is 0 Å². The number of benzene rings is 1. The lowest BCUT2D eigenvalue weighted by Crippen LogP contribution is -2.31. The van der Waals surface area contributed by atoms with E-state index in [2.05, 4.69) is 38.6 Å². The van der Waals surface area contributed by atoms with Crippen LogP contribution in [0.4, 0.5) is 5.69 Å². The number of likely N-dealkylation sites (tertiary alicyclic amines) is 1. The summed E-state index contributed by atoms with van der Waals surface area (Å²) < 4.78 is 3.98. The molecule has 1 aromatic carbocycles. The molecule has 1 amide bonds. The van der Waals surface area contributed by atoms with Crippen molar-refractivity contribution < 1.29 is 4.79 Å². The number of aromatic nitrogens is 5. The molecule has 5 rings (SSSR count). The van der Waals surface area contributed by atoms with E-state index < -0.39 is 0 Å². The number of anilines is 1. The molecule has 0 saturated carbocycles. The highest BCUT2D eigenvalue weighted by atomic mass is 16.2. The topological polar surface area (TPSA) is 80.9 Å². The first-order valence-electron chi connectivity index (χ1n) is 10.2. The van der Waals surface area contributed by atoms with E-state index in [-0.39, 0.29) is 5.91 Å². The summed E-state index contributed by atoms with van der Waals surface area (Å²) in [6, 6.07) is 9.47. The monoisotopic (exact) mass is 391 g/mol. The third kappa shape index (κ3) is 3.55. The highest BCUT2D eigenvalue weighted by Gasteiger charge is 2.39. The highest BCUT2D eigenvalue weighted by Crippen LogP contribution is 2.33. The number of para-hydroxylation sites is 1. The maximum atomic E-state index is 12.7. The Hall–Kier alpha value is -3.00. The summed E-state index contributed by atoms with van der Waals surface area (Å²) in [7, 11) is 0. The molecule has 0 radical (unpaired) electrons. The minimum atomic E-state index is -0.199. The Kier molecular flexibility index (Phi) is 4.63. The molecule has 2 aromatic heterocycles. The molecule has 8 heteroatoms. The Morgan fingerprint density at radius 2 is 1.97 bits per heavy atom. The van der Waals surface area contributed by atoms with Gasteiger partial charge in [-0.3, -0.25) is 14.4 Å². The predicted molar refractivity (Wildman–Crippen MR) is 108 cm³/mol. The number of rotatable bonds is 5. The quantitative estimate of drug-likeness (QED) is 0.720. The van der Waals surface area contributed by atoms with E-state index >= 15 is 0 Å². The van der Waals surface area contributed by atoms with E-state index in [0.717, 1.165) is 50.7 Å². The van der Waals surface area contributed by atoms with Crippen molar-refractivity contribution in [3.05, 3.63) is 59.9 Å². The lowest BCUT2D eigenvalue weighted by molar-refractivity contribution is 0.100. The fourth-order valence-corrected chi connectivity index (χ4v) is 4.55. The summed E-state index contributed by atoms with van der Waals surface area (Å²) in [4.78, 5) is 15.2. The van der Waals surface area contributed by atoms with Gasteiger partial charge in [-0.2, -0.15) is 5.10 Å². The molecule has 8 nitrogen and oxygen atoms in total. The average molecular weight is 391 g/mol. The molecule has 3 aromatic rings. The fourth-order valence-electron chi connectivity index (χ4n) is 4.55. The van der Waals surface area contributed by atoms with Crippen LogP contribution >= 0.6 is 0 Å². The van der Waals surface area contributed by atoms with Gasteiger partial charge in [0.15, 0.2) is 0 Å². The second kappa shape index (κ2) is 7.44. The van der Waals surface area contributed by atoms with Gasteiger partial charge < -0.3 is 9.88 Å². The molecule has 0 spiro atoms. The first kappa shape index (κ1) is 18.1. The normalized spacial score (nSPS) is 21.0. The number of hydrogen-bond acceptors (Lipinski definition) is 5. The van der Waals surface area contributed by atoms with Gasteiger partial charge in [-0.15, -0.1) is 10.2 Å². The molecule has 0 aliphatic carbocycles. The van der Waals surface area contributed by atoms with Crippen LogP contribution in [0.1, 0.15) is 28.9 Å². The molecule has 0 unspecified atom stereocenters. The summed E-state index contributed by atoms with van der Waals surface area (Å²) in [6.07, 6.45) is 4.97. The number of carbonyl (C=O) groups is 1. The first-order chi connectivity index (χ1) is 14.2. The Bertz CT molecular complexity index is 1010. The zero-order valence-electron chi connectivity index (χ0n) is 16.5. The van der Waals surface area contributed by atoms with Crippen molar-refractivity contribution in [1.82, 2.24) is 29.4 Å². The van der Waals surface area contributed by atoms with Crippen molar-refractivity contribution >= 4 is 11.6 Å². The maximum Gasteiger partial charge on any atom is 0.293 e. The fraction of sp³-hybridized carbons (Fsp3) is 0.429. The number of amides is 1. The largest absolute Gasteiger partial charge is 0.319 e. The summed E-state index contributed by atoms with van der Waals surface area (Å²) >= 11 is 0. The second-order valence-electron chi connectivity index (χ2n) is 7.99. The SMILES string of the molecule is CCn1cc(CN2C[C@@H]3Cc4nnc(C(=O)Nc5ccccc5)n4C[C@@H]3C2)cn1. The molecule has 4 heterocycles. The van der Waals surface area contributed by atoms with E-state index in [4.69, 9.17) is 0 Å². The molecular formula is C21H25N7O. The number of fused-ring (bicyclic) bond motifs is 2. The van der Waals surface area contributed by atoms with E-state index in [1.165, 1.54) is 5.56 Å². The van der Waals surface area contributed by atoms with Crippen LogP contribution in [0.3, 0.4) is 0 Å². The van der Waals surface area contributed by atoms with Gasteiger partial charge in [-0.1, -0.05) is 18.2 Å². The Morgan fingerprint density at radius 3 is 2.76 bits per heavy atom. The van der Waals surface area contributed by atoms with Gasteiger partial charge in [0.25, 0.3) is 5.91 Å². The highest BCUT2D eigenvalue weighted by molar-refractivity contribution is 6.01. The molecule has 1 fully saturated rings. The molecule has 2 aliphatic heterocycles. The lowest BCUT2D eigenvalue weighted by atomic mass is 9.89. The van der Waals surface area contributed by atoms with Crippen molar-refractivity contribution in [3.63, 3.8) is 0 Å². The minimum Gasteiger partial charge on any atom is -0.319 e. The smallest absolute Gasteiger partial charge is 0.293 e. The van der Waals surface area contributed by atoms with E-state index in [1.54, 1.807) is 0 Å². The van der Waals surface area contributed by atoms with Gasteiger partial charge >= 0.3 is 0 Å². The van der Waals surface area contributed by atoms with Gasteiger partial charge in [0.2, 0.25) is 5.82 Å². The summed E-state index contributed by atoms with van der Waals surface area (Å²) in [5.74, 6) is 2.21. The van der Waals surface area contributed by atoms with E-state index in [9.17, 15) is 4.79 Å². The van der Waals surface area contributed by atoms with Crippen LogP contribution in [-0.4, -0.2) is 48.4 Å². The van der Waals surface area contributed by atoms with Crippen LogP contribution in [0, 0.1) is 11.8 Å². The minimum absolute atomic E-state index is 0.199. The van der Waals surface area contributed by atoms with Gasteiger partial charge in [0, 0.05) is 56.6 Å². The number of nitrogens with zero attached hydrogens (tertiary/aromatic N) is 6. The second-order valence-corrected chi connectivity index (χ2v) is 7.99. The first-order valence-corrected chi connectivity index (χ1v) is 10.2. The number of carbonyl (C=O) groups excluding carboxylic acids is 1. The number of hydrogen-bond donors (Lipinski definition) is 1. The summed E-state index contributed by atoms with van der Waals surface area (Å²) in [6.45, 7) is 6.80. The maximum absolute atomic E-state index is 12.7. The zero-order valence-corrected chi connectivity index (χ0v) is 16.5. The average Bonchev–Trinajstić information content (AvgIpc) is 3.44. The molecule has 150 valence electrons. The van der Waals surface area contributed by atoms with Crippen LogP contribution in [0.25, 0.3) is 0 Å². The van der Waals surface area contributed by atoms with Crippen molar-refractivity contribution in [3.8, 4) is 0 Å². The Labute approximate surface area is 169 Å².